The molecule has 2 saturated heterocycles. The van der Waals surface area contributed by atoms with Crippen LogP contribution in [-0.2, 0) is 14.3 Å². The fraction of sp³-hybridized carbons (Fsp3) is 0.600. The molecule has 2 amide bonds. The van der Waals surface area contributed by atoms with E-state index >= 15 is 0 Å². The van der Waals surface area contributed by atoms with Crippen LogP contribution in [0.3, 0.4) is 0 Å². The number of rotatable bonds is 5. The van der Waals surface area contributed by atoms with Crippen molar-refractivity contribution in [2.24, 2.45) is 11.8 Å². The Bertz CT molecular complexity index is 637. The maximum Gasteiger partial charge on any atom is 0.226 e. The van der Waals surface area contributed by atoms with E-state index in [1.165, 1.54) is 5.69 Å². The maximum atomic E-state index is 12.7. The summed E-state index contributed by atoms with van der Waals surface area (Å²) in [4.78, 5) is 29.2. The molecule has 0 aromatic heterocycles. The molecule has 3 fully saturated rings. The van der Waals surface area contributed by atoms with Crippen LogP contribution in [0.4, 0.5) is 5.69 Å². The Kier molecular flexibility index (Phi) is 5.11. The van der Waals surface area contributed by atoms with Gasteiger partial charge in [0, 0.05) is 45.0 Å². The van der Waals surface area contributed by atoms with E-state index in [2.05, 4.69) is 22.3 Å². The summed E-state index contributed by atoms with van der Waals surface area (Å²) in [5.41, 5.74) is 1.21. The number of hydrogen-bond acceptors (Lipinski definition) is 4. The lowest BCUT2D eigenvalue weighted by atomic mass is 10.2. The van der Waals surface area contributed by atoms with Crippen LogP contribution in [0.1, 0.15) is 19.3 Å². The minimum Gasteiger partial charge on any atom is -0.376 e. The molecule has 2 aliphatic heterocycles. The zero-order valence-corrected chi connectivity index (χ0v) is 15.1. The van der Waals surface area contributed by atoms with E-state index < -0.39 is 0 Å². The van der Waals surface area contributed by atoms with Gasteiger partial charge in [-0.2, -0.15) is 0 Å². The molecular formula is C20H27N3O3. The second-order valence-corrected chi connectivity index (χ2v) is 7.48. The van der Waals surface area contributed by atoms with Crippen LogP contribution in [-0.4, -0.2) is 62.1 Å². The van der Waals surface area contributed by atoms with Gasteiger partial charge in [-0.15, -0.1) is 0 Å². The summed E-state index contributed by atoms with van der Waals surface area (Å²) >= 11 is 0. The fourth-order valence-corrected chi connectivity index (χ4v) is 3.97. The monoisotopic (exact) mass is 357 g/mol. The van der Waals surface area contributed by atoms with Crippen LogP contribution in [0, 0.1) is 11.8 Å². The van der Waals surface area contributed by atoms with Crippen molar-refractivity contribution in [2.45, 2.75) is 25.4 Å². The second kappa shape index (κ2) is 7.66. The van der Waals surface area contributed by atoms with Crippen molar-refractivity contribution in [2.75, 3.05) is 44.2 Å². The molecule has 6 nitrogen and oxygen atoms in total. The lowest BCUT2D eigenvalue weighted by molar-refractivity contribution is -0.135. The number of para-hydroxylation sites is 1. The highest BCUT2D eigenvalue weighted by molar-refractivity contribution is 5.92. The van der Waals surface area contributed by atoms with Crippen molar-refractivity contribution in [1.29, 1.82) is 0 Å². The number of carbonyl (C=O) groups excluding carboxylic acids is 2. The first-order valence-electron chi connectivity index (χ1n) is 9.70. The van der Waals surface area contributed by atoms with Crippen molar-refractivity contribution in [1.82, 2.24) is 10.2 Å². The predicted octanol–water partition coefficient (Wildman–Crippen LogP) is 1.27. The molecule has 26 heavy (non-hydrogen) atoms. The largest absolute Gasteiger partial charge is 0.376 e. The zero-order chi connectivity index (χ0) is 17.9. The average molecular weight is 357 g/mol. The zero-order valence-electron chi connectivity index (χ0n) is 15.1. The van der Waals surface area contributed by atoms with Crippen molar-refractivity contribution in [3.63, 3.8) is 0 Å². The van der Waals surface area contributed by atoms with E-state index in [4.69, 9.17) is 4.74 Å². The molecule has 3 atom stereocenters. The van der Waals surface area contributed by atoms with Gasteiger partial charge in [-0.1, -0.05) is 18.2 Å². The molecule has 4 rings (SSSR count). The lowest BCUT2D eigenvalue weighted by Crippen LogP contribution is -2.49. The summed E-state index contributed by atoms with van der Waals surface area (Å²) in [5, 5.41) is 2.96. The highest BCUT2D eigenvalue weighted by Crippen LogP contribution is 2.40. The third kappa shape index (κ3) is 3.85. The highest BCUT2D eigenvalue weighted by Gasteiger charge is 2.49. The van der Waals surface area contributed by atoms with Gasteiger partial charge in [0.15, 0.2) is 0 Å². The Balaban J connectivity index is 1.21. The molecule has 3 unspecified atom stereocenters. The van der Waals surface area contributed by atoms with Gasteiger partial charge in [-0.3, -0.25) is 9.59 Å². The second-order valence-electron chi connectivity index (χ2n) is 7.48. The van der Waals surface area contributed by atoms with Gasteiger partial charge in [0.25, 0.3) is 0 Å². The smallest absolute Gasteiger partial charge is 0.226 e. The van der Waals surface area contributed by atoms with Crippen LogP contribution < -0.4 is 10.2 Å². The van der Waals surface area contributed by atoms with Gasteiger partial charge in [0.1, 0.15) is 0 Å². The van der Waals surface area contributed by atoms with Crippen LogP contribution in [0.2, 0.25) is 0 Å². The third-order valence-corrected chi connectivity index (χ3v) is 5.69. The average Bonchev–Trinajstić information content (AvgIpc) is 3.33. The van der Waals surface area contributed by atoms with Crippen LogP contribution in [0.25, 0.3) is 0 Å². The van der Waals surface area contributed by atoms with Crippen LogP contribution in [0.5, 0.6) is 0 Å². The summed E-state index contributed by atoms with van der Waals surface area (Å²) in [6, 6.07) is 10.3. The number of nitrogens with one attached hydrogen (secondary N) is 1. The summed E-state index contributed by atoms with van der Waals surface area (Å²) in [7, 11) is 0. The molecule has 0 radical (unpaired) electrons. The number of amides is 2. The molecule has 0 bridgehead atoms. The highest BCUT2D eigenvalue weighted by atomic mass is 16.5. The topological polar surface area (TPSA) is 61.9 Å². The van der Waals surface area contributed by atoms with Gasteiger partial charge >= 0.3 is 0 Å². The molecule has 1 aliphatic carbocycles. The molecule has 1 aromatic carbocycles. The Morgan fingerprint density at radius 3 is 2.54 bits per heavy atom. The van der Waals surface area contributed by atoms with E-state index in [0.717, 1.165) is 45.6 Å². The van der Waals surface area contributed by atoms with E-state index in [-0.39, 0.29) is 29.8 Å². The first kappa shape index (κ1) is 17.3. The Morgan fingerprint density at radius 2 is 1.85 bits per heavy atom. The number of ether oxygens (including phenoxy) is 1. The fourth-order valence-electron chi connectivity index (χ4n) is 3.97. The number of piperazine rings is 1. The number of carbonyl (C=O) groups is 2. The Hall–Kier alpha value is -2.08. The minimum atomic E-state index is -0.143. The van der Waals surface area contributed by atoms with Gasteiger partial charge in [0.2, 0.25) is 11.8 Å². The molecule has 1 aromatic rings. The van der Waals surface area contributed by atoms with Crippen molar-refractivity contribution in [3.8, 4) is 0 Å². The maximum absolute atomic E-state index is 12.7. The summed E-state index contributed by atoms with van der Waals surface area (Å²) in [5.74, 6) is -0.101. The van der Waals surface area contributed by atoms with Crippen LogP contribution >= 0.6 is 0 Å². The molecule has 1 saturated carbocycles. The normalized spacial score (nSPS) is 28.1. The molecule has 1 N–H and O–H groups in total. The van der Waals surface area contributed by atoms with Crippen LogP contribution in [0.15, 0.2) is 30.3 Å². The Morgan fingerprint density at radius 1 is 1.08 bits per heavy atom. The summed E-state index contributed by atoms with van der Waals surface area (Å²) in [6.07, 6.45) is 2.92. The minimum absolute atomic E-state index is 0.0155. The number of benzene rings is 1. The SMILES string of the molecule is O=C(NCC1CCCO1)C1CC1C(=O)N1CCN(c2ccccc2)CC1. The predicted molar refractivity (Wildman–Crippen MR) is 98.8 cm³/mol. The molecule has 6 heteroatoms. The Labute approximate surface area is 154 Å². The molecule has 140 valence electrons. The van der Waals surface area contributed by atoms with Gasteiger partial charge in [-0.25, -0.2) is 0 Å². The number of nitrogens with zero attached hydrogens (tertiary/aromatic N) is 2. The first-order chi connectivity index (χ1) is 12.7. The van der Waals surface area contributed by atoms with E-state index in [1.807, 2.05) is 23.1 Å². The third-order valence-electron chi connectivity index (χ3n) is 5.69. The molecule has 2 heterocycles. The number of anilines is 1. The van der Waals surface area contributed by atoms with E-state index in [1.54, 1.807) is 0 Å². The number of hydrogen-bond donors (Lipinski definition) is 1. The van der Waals surface area contributed by atoms with E-state index in [0.29, 0.717) is 13.0 Å². The summed E-state index contributed by atoms with van der Waals surface area (Å²) < 4.78 is 5.52. The molecule has 0 spiro atoms. The van der Waals surface area contributed by atoms with Crippen molar-refractivity contribution in [3.05, 3.63) is 30.3 Å². The molecular weight excluding hydrogens is 330 g/mol. The molecule has 3 aliphatic rings. The summed E-state index contributed by atoms with van der Waals surface area (Å²) in [6.45, 7) is 4.52. The standard InChI is InChI=1S/C20H27N3O3/c24-19(21-14-16-7-4-12-26-16)17-13-18(17)20(25)23-10-8-22(9-11-23)15-5-2-1-3-6-15/h1-3,5-6,16-18H,4,7-14H2,(H,21,24). The van der Waals surface area contributed by atoms with Gasteiger partial charge in [-0.05, 0) is 31.4 Å². The quantitative estimate of drug-likeness (QED) is 0.862. The van der Waals surface area contributed by atoms with Crippen molar-refractivity contribution >= 4 is 17.5 Å². The van der Waals surface area contributed by atoms with Gasteiger partial charge in [0.05, 0.1) is 17.9 Å². The lowest BCUT2D eigenvalue weighted by Gasteiger charge is -2.36. The first-order valence-corrected chi connectivity index (χ1v) is 9.70. The van der Waals surface area contributed by atoms with Gasteiger partial charge < -0.3 is 19.9 Å². The van der Waals surface area contributed by atoms with Crippen molar-refractivity contribution < 1.29 is 14.3 Å². The van der Waals surface area contributed by atoms with E-state index in [9.17, 15) is 9.59 Å².